The number of piperidine rings is 1. The second-order valence-electron chi connectivity index (χ2n) is 6.34. The van der Waals surface area contributed by atoms with Crippen molar-refractivity contribution in [2.24, 2.45) is 0 Å². The number of carbonyl (C=O) groups excluding carboxylic acids is 2. The number of benzene rings is 1. The minimum absolute atomic E-state index is 0.0202. The van der Waals surface area contributed by atoms with Gasteiger partial charge in [0.1, 0.15) is 0 Å². The van der Waals surface area contributed by atoms with E-state index in [9.17, 15) is 9.59 Å². The molecule has 136 valence electrons. The van der Waals surface area contributed by atoms with E-state index in [4.69, 9.17) is 4.42 Å². The summed E-state index contributed by atoms with van der Waals surface area (Å²) in [5.41, 5.74) is 1.58. The third-order valence-corrected chi connectivity index (χ3v) is 4.53. The molecule has 0 radical (unpaired) electrons. The fourth-order valence-corrected chi connectivity index (χ4v) is 3.02. The predicted molar refractivity (Wildman–Crippen MR) is 95.4 cm³/mol. The highest BCUT2D eigenvalue weighted by Gasteiger charge is 2.27. The van der Waals surface area contributed by atoms with Gasteiger partial charge in [0.2, 0.25) is 17.7 Å². The zero-order chi connectivity index (χ0) is 18.5. The first-order chi connectivity index (χ1) is 12.6. The zero-order valence-electron chi connectivity index (χ0n) is 14.8. The van der Waals surface area contributed by atoms with Crippen LogP contribution in [0.3, 0.4) is 0 Å². The van der Waals surface area contributed by atoms with Crippen molar-refractivity contribution in [1.29, 1.82) is 0 Å². The molecule has 1 N–H and O–H groups in total. The molecule has 0 spiro atoms. The van der Waals surface area contributed by atoms with Crippen molar-refractivity contribution >= 4 is 11.8 Å². The van der Waals surface area contributed by atoms with Crippen molar-refractivity contribution in [3.63, 3.8) is 0 Å². The van der Waals surface area contributed by atoms with Gasteiger partial charge in [-0.3, -0.25) is 9.59 Å². The van der Waals surface area contributed by atoms with Crippen LogP contribution in [0.5, 0.6) is 0 Å². The number of nitrogens with one attached hydrogen (secondary N) is 1. The van der Waals surface area contributed by atoms with Crippen molar-refractivity contribution in [2.75, 3.05) is 13.1 Å². The van der Waals surface area contributed by atoms with Gasteiger partial charge in [-0.2, -0.15) is 0 Å². The van der Waals surface area contributed by atoms with Crippen molar-refractivity contribution in [2.45, 2.75) is 32.2 Å². The van der Waals surface area contributed by atoms with Crippen LogP contribution in [-0.4, -0.2) is 40.0 Å². The number of likely N-dealkylation sites (tertiary alicyclic amines) is 1. The molecular weight excluding hydrogens is 332 g/mol. The zero-order valence-corrected chi connectivity index (χ0v) is 14.8. The van der Waals surface area contributed by atoms with E-state index in [2.05, 4.69) is 22.1 Å². The first-order valence-corrected chi connectivity index (χ1v) is 8.65. The number of hydrogen-bond acceptors (Lipinski definition) is 5. The summed E-state index contributed by atoms with van der Waals surface area (Å²) in [5, 5.41) is 10.7. The van der Waals surface area contributed by atoms with Crippen LogP contribution < -0.4 is 5.32 Å². The Labute approximate surface area is 152 Å². The summed E-state index contributed by atoms with van der Waals surface area (Å²) < 4.78 is 5.50. The third kappa shape index (κ3) is 4.17. The highest BCUT2D eigenvalue weighted by molar-refractivity contribution is 5.94. The van der Waals surface area contributed by atoms with Crippen LogP contribution in [-0.2, 0) is 11.3 Å². The molecule has 7 nitrogen and oxygen atoms in total. The van der Waals surface area contributed by atoms with E-state index in [-0.39, 0.29) is 17.7 Å². The quantitative estimate of drug-likeness (QED) is 0.832. The number of aryl methyl sites for hydroxylation is 1. The second-order valence-corrected chi connectivity index (χ2v) is 6.34. The average molecular weight is 354 g/mol. The fourth-order valence-electron chi connectivity index (χ4n) is 3.02. The van der Waals surface area contributed by atoms with Crippen LogP contribution in [0.15, 0.2) is 41.3 Å². The van der Waals surface area contributed by atoms with Gasteiger partial charge in [-0.15, -0.1) is 10.2 Å². The molecule has 0 unspecified atom stereocenters. The summed E-state index contributed by atoms with van der Waals surface area (Å²) in [6.07, 6.45) is 2.87. The Morgan fingerprint density at radius 3 is 2.54 bits per heavy atom. The molecular formula is C19H22N4O3. The van der Waals surface area contributed by atoms with E-state index in [1.165, 1.54) is 6.08 Å². The molecule has 2 heterocycles. The lowest BCUT2D eigenvalue weighted by atomic mass is 9.96. The number of nitrogens with zero attached hydrogens (tertiary/aromatic N) is 3. The van der Waals surface area contributed by atoms with E-state index < -0.39 is 0 Å². The molecule has 0 saturated carbocycles. The van der Waals surface area contributed by atoms with Gasteiger partial charge in [-0.1, -0.05) is 18.7 Å². The Morgan fingerprint density at radius 1 is 1.27 bits per heavy atom. The fraction of sp³-hybridized carbons (Fsp3) is 0.368. The first-order valence-electron chi connectivity index (χ1n) is 8.65. The monoisotopic (exact) mass is 354 g/mol. The topological polar surface area (TPSA) is 88.3 Å². The maximum absolute atomic E-state index is 12.7. The van der Waals surface area contributed by atoms with Crippen molar-refractivity contribution in [3.8, 4) is 0 Å². The summed E-state index contributed by atoms with van der Waals surface area (Å²) >= 11 is 0. The number of amides is 2. The second kappa shape index (κ2) is 7.95. The Morgan fingerprint density at radius 2 is 1.96 bits per heavy atom. The summed E-state index contributed by atoms with van der Waals surface area (Å²) in [7, 11) is 0. The summed E-state index contributed by atoms with van der Waals surface area (Å²) in [6.45, 7) is 6.94. The molecule has 1 aromatic heterocycles. The van der Waals surface area contributed by atoms with Crippen LogP contribution in [0.1, 0.15) is 46.5 Å². The third-order valence-electron chi connectivity index (χ3n) is 4.53. The number of aromatic nitrogens is 2. The molecule has 3 rings (SSSR count). The van der Waals surface area contributed by atoms with E-state index in [0.717, 1.165) is 18.4 Å². The highest BCUT2D eigenvalue weighted by Crippen LogP contribution is 2.27. The lowest BCUT2D eigenvalue weighted by Crippen LogP contribution is -2.38. The molecule has 2 aromatic rings. The normalized spacial score (nSPS) is 14.9. The van der Waals surface area contributed by atoms with Crippen molar-refractivity contribution in [1.82, 2.24) is 20.4 Å². The average Bonchev–Trinajstić information content (AvgIpc) is 3.12. The standard InChI is InChI=1S/C19H22N4O3/c1-3-17(24)20-12-14-4-6-16(7-5-14)19(25)23-10-8-15(9-11-23)18-22-21-13(2)26-18/h3-7,15H,1,8-12H2,2H3,(H,20,24). The Hall–Kier alpha value is -2.96. The molecule has 0 bridgehead atoms. The molecule has 0 atom stereocenters. The highest BCUT2D eigenvalue weighted by atomic mass is 16.4. The van der Waals surface area contributed by atoms with Gasteiger partial charge in [0, 0.05) is 38.0 Å². The molecule has 26 heavy (non-hydrogen) atoms. The maximum atomic E-state index is 12.7. The maximum Gasteiger partial charge on any atom is 0.253 e. The first kappa shape index (κ1) is 17.8. The van der Waals surface area contributed by atoms with Gasteiger partial charge in [0.05, 0.1) is 0 Å². The largest absolute Gasteiger partial charge is 0.425 e. The van der Waals surface area contributed by atoms with Gasteiger partial charge in [0.25, 0.3) is 5.91 Å². The molecule has 1 fully saturated rings. The Bertz CT molecular complexity index is 789. The Balaban J connectivity index is 1.54. The van der Waals surface area contributed by atoms with Crippen LogP contribution in [0.25, 0.3) is 0 Å². The molecule has 2 amide bonds. The summed E-state index contributed by atoms with van der Waals surface area (Å²) in [6, 6.07) is 7.30. The van der Waals surface area contributed by atoms with E-state index >= 15 is 0 Å². The van der Waals surface area contributed by atoms with Crippen LogP contribution in [0.4, 0.5) is 0 Å². The van der Waals surface area contributed by atoms with Crippen molar-refractivity contribution < 1.29 is 14.0 Å². The molecule has 1 saturated heterocycles. The molecule has 7 heteroatoms. The van der Waals surface area contributed by atoms with Gasteiger partial charge >= 0.3 is 0 Å². The van der Waals surface area contributed by atoms with Crippen LogP contribution in [0, 0.1) is 6.92 Å². The van der Waals surface area contributed by atoms with E-state index in [0.29, 0.717) is 37.0 Å². The van der Waals surface area contributed by atoms with Crippen LogP contribution >= 0.6 is 0 Å². The van der Waals surface area contributed by atoms with Gasteiger partial charge < -0.3 is 14.6 Å². The molecule has 1 aliphatic rings. The number of carbonyl (C=O) groups is 2. The lowest BCUT2D eigenvalue weighted by molar-refractivity contribution is -0.116. The van der Waals surface area contributed by atoms with E-state index in [1.807, 2.05) is 17.0 Å². The minimum Gasteiger partial charge on any atom is -0.425 e. The number of hydrogen-bond donors (Lipinski definition) is 1. The SMILES string of the molecule is C=CC(=O)NCc1ccc(C(=O)N2CCC(c3nnc(C)o3)CC2)cc1. The summed E-state index contributed by atoms with van der Waals surface area (Å²) in [4.78, 5) is 25.7. The van der Waals surface area contributed by atoms with Gasteiger partial charge in [0.15, 0.2) is 0 Å². The van der Waals surface area contributed by atoms with E-state index in [1.54, 1.807) is 19.1 Å². The molecule has 1 aliphatic heterocycles. The van der Waals surface area contributed by atoms with Gasteiger partial charge in [-0.25, -0.2) is 0 Å². The Kier molecular flexibility index (Phi) is 5.46. The summed E-state index contributed by atoms with van der Waals surface area (Å²) in [5.74, 6) is 1.26. The van der Waals surface area contributed by atoms with Gasteiger partial charge in [-0.05, 0) is 36.6 Å². The smallest absolute Gasteiger partial charge is 0.253 e. The molecule has 0 aliphatic carbocycles. The minimum atomic E-state index is -0.218. The number of rotatable bonds is 5. The predicted octanol–water partition coefficient (Wildman–Crippen LogP) is 2.20. The van der Waals surface area contributed by atoms with Crippen molar-refractivity contribution in [3.05, 3.63) is 59.8 Å². The van der Waals surface area contributed by atoms with Crippen LogP contribution in [0.2, 0.25) is 0 Å². The lowest BCUT2D eigenvalue weighted by Gasteiger charge is -2.30. The molecule has 1 aromatic carbocycles.